The molecule has 0 radical (unpaired) electrons. The molecule has 0 aromatic heterocycles. The lowest BCUT2D eigenvalue weighted by molar-refractivity contribution is 0.290. The third-order valence-electron chi connectivity index (χ3n) is 2.87. The van der Waals surface area contributed by atoms with Gasteiger partial charge in [-0.1, -0.05) is 43.8 Å². The van der Waals surface area contributed by atoms with Crippen LogP contribution < -0.4 is 0 Å². The Morgan fingerprint density at radius 3 is 2.33 bits per heavy atom. The molecular weight excluding hydrogens is 182 g/mol. The van der Waals surface area contributed by atoms with E-state index in [0.29, 0.717) is 6.04 Å². The van der Waals surface area contributed by atoms with Crippen LogP contribution in [0.25, 0.3) is 5.57 Å². The SMILES string of the molecule is C=C(CC(CC)N(C)C)c1ccccc1. The Hall–Kier alpha value is -1.08. The summed E-state index contributed by atoms with van der Waals surface area (Å²) in [7, 11) is 4.26. The summed E-state index contributed by atoms with van der Waals surface area (Å²) in [6.07, 6.45) is 2.21. The number of hydrogen-bond donors (Lipinski definition) is 0. The molecule has 0 fully saturated rings. The van der Waals surface area contributed by atoms with E-state index in [9.17, 15) is 0 Å². The van der Waals surface area contributed by atoms with Crippen LogP contribution >= 0.6 is 0 Å². The Morgan fingerprint density at radius 1 is 1.27 bits per heavy atom. The molecule has 0 spiro atoms. The van der Waals surface area contributed by atoms with Gasteiger partial charge in [-0.15, -0.1) is 0 Å². The minimum Gasteiger partial charge on any atom is -0.306 e. The predicted octanol–water partition coefficient (Wildman–Crippen LogP) is 3.43. The first-order valence-electron chi connectivity index (χ1n) is 5.54. The molecule has 0 N–H and O–H groups in total. The van der Waals surface area contributed by atoms with E-state index < -0.39 is 0 Å². The van der Waals surface area contributed by atoms with Gasteiger partial charge in [0.15, 0.2) is 0 Å². The van der Waals surface area contributed by atoms with E-state index >= 15 is 0 Å². The maximum absolute atomic E-state index is 4.17. The molecule has 1 heteroatoms. The van der Waals surface area contributed by atoms with Crippen LogP contribution in [-0.2, 0) is 0 Å². The topological polar surface area (TPSA) is 3.24 Å². The second-order valence-electron chi connectivity index (χ2n) is 4.20. The summed E-state index contributed by atoms with van der Waals surface area (Å²) in [5, 5.41) is 0. The second kappa shape index (κ2) is 5.72. The third-order valence-corrected chi connectivity index (χ3v) is 2.87. The van der Waals surface area contributed by atoms with Crippen molar-refractivity contribution in [2.45, 2.75) is 25.8 Å². The van der Waals surface area contributed by atoms with Crippen LogP contribution in [0.4, 0.5) is 0 Å². The molecule has 1 aromatic carbocycles. The number of rotatable bonds is 5. The minimum absolute atomic E-state index is 0.595. The van der Waals surface area contributed by atoms with Crippen molar-refractivity contribution in [1.29, 1.82) is 0 Å². The van der Waals surface area contributed by atoms with Crippen LogP contribution in [0.1, 0.15) is 25.3 Å². The summed E-state index contributed by atoms with van der Waals surface area (Å²) in [5.74, 6) is 0. The van der Waals surface area contributed by atoms with Crippen molar-refractivity contribution in [3.63, 3.8) is 0 Å². The highest BCUT2D eigenvalue weighted by Gasteiger charge is 2.10. The molecule has 1 nitrogen and oxygen atoms in total. The summed E-state index contributed by atoms with van der Waals surface area (Å²) in [6, 6.07) is 11.0. The van der Waals surface area contributed by atoms with E-state index in [-0.39, 0.29) is 0 Å². The van der Waals surface area contributed by atoms with Gasteiger partial charge >= 0.3 is 0 Å². The van der Waals surface area contributed by atoms with E-state index in [1.54, 1.807) is 0 Å². The highest BCUT2D eigenvalue weighted by molar-refractivity contribution is 5.63. The van der Waals surface area contributed by atoms with Crippen LogP contribution in [-0.4, -0.2) is 25.0 Å². The van der Waals surface area contributed by atoms with Crippen molar-refractivity contribution in [2.24, 2.45) is 0 Å². The summed E-state index contributed by atoms with van der Waals surface area (Å²) >= 11 is 0. The van der Waals surface area contributed by atoms with E-state index in [2.05, 4.69) is 56.8 Å². The van der Waals surface area contributed by atoms with Crippen LogP contribution in [0.3, 0.4) is 0 Å². The van der Waals surface area contributed by atoms with E-state index in [4.69, 9.17) is 0 Å². The fourth-order valence-electron chi connectivity index (χ4n) is 1.77. The van der Waals surface area contributed by atoms with E-state index in [0.717, 1.165) is 6.42 Å². The lowest BCUT2D eigenvalue weighted by Crippen LogP contribution is -2.27. The Kier molecular flexibility index (Phi) is 4.57. The summed E-state index contributed by atoms with van der Waals surface area (Å²) in [4.78, 5) is 2.27. The maximum atomic E-state index is 4.17. The second-order valence-corrected chi connectivity index (χ2v) is 4.20. The summed E-state index contributed by atoms with van der Waals surface area (Å²) in [5.41, 5.74) is 2.49. The van der Waals surface area contributed by atoms with Gasteiger partial charge in [0.2, 0.25) is 0 Å². The first-order valence-corrected chi connectivity index (χ1v) is 5.54. The molecule has 1 aromatic rings. The maximum Gasteiger partial charge on any atom is 0.0127 e. The van der Waals surface area contributed by atoms with Crippen molar-refractivity contribution < 1.29 is 0 Å². The fraction of sp³-hybridized carbons (Fsp3) is 0.429. The van der Waals surface area contributed by atoms with Gasteiger partial charge in [-0.05, 0) is 38.1 Å². The lowest BCUT2D eigenvalue weighted by Gasteiger charge is -2.23. The molecule has 0 amide bonds. The van der Waals surface area contributed by atoms with Crippen LogP contribution in [0.5, 0.6) is 0 Å². The number of hydrogen-bond acceptors (Lipinski definition) is 1. The molecule has 15 heavy (non-hydrogen) atoms. The first kappa shape index (κ1) is 12.0. The Bertz CT molecular complexity index is 300. The summed E-state index contributed by atoms with van der Waals surface area (Å²) in [6.45, 7) is 6.39. The highest BCUT2D eigenvalue weighted by atomic mass is 15.1. The van der Waals surface area contributed by atoms with Crippen LogP contribution in [0.2, 0.25) is 0 Å². The Balaban J connectivity index is 2.63. The summed E-state index contributed by atoms with van der Waals surface area (Å²) < 4.78 is 0. The van der Waals surface area contributed by atoms with Gasteiger partial charge in [-0.25, -0.2) is 0 Å². The van der Waals surface area contributed by atoms with Gasteiger partial charge in [0.1, 0.15) is 0 Å². The average molecular weight is 203 g/mol. The van der Waals surface area contributed by atoms with Gasteiger partial charge < -0.3 is 4.90 Å². The Labute approximate surface area is 93.4 Å². The monoisotopic (exact) mass is 203 g/mol. The molecule has 1 unspecified atom stereocenters. The van der Waals surface area contributed by atoms with Gasteiger partial charge in [0, 0.05) is 6.04 Å². The van der Waals surface area contributed by atoms with E-state index in [1.807, 2.05) is 6.07 Å². The van der Waals surface area contributed by atoms with Crippen molar-refractivity contribution in [3.8, 4) is 0 Å². The van der Waals surface area contributed by atoms with Crippen molar-refractivity contribution in [3.05, 3.63) is 42.5 Å². The smallest absolute Gasteiger partial charge is 0.0127 e. The molecule has 0 saturated heterocycles. The minimum atomic E-state index is 0.595. The number of benzene rings is 1. The molecule has 82 valence electrons. The lowest BCUT2D eigenvalue weighted by atomic mass is 9.98. The molecule has 0 saturated carbocycles. The van der Waals surface area contributed by atoms with Gasteiger partial charge in [-0.3, -0.25) is 0 Å². The third kappa shape index (κ3) is 3.52. The quantitative estimate of drug-likeness (QED) is 0.708. The van der Waals surface area contributed by atoms with Gasteiger partial charge in [0.25, 0.3) is 0 Å². The molecule has 0 aliphatic rings. The zero-order valence-corrected chi connectivity index (χ0v) is 10.0. The fourth-order valence-corrected chi connectivity index (χ4v) is 1.77. The molecule has 0 aliphatic heterocycles. The zero-order chi connectivity index (χ0) is 11.3. The van der Waals surface area contributed by atoms with Crippen molar-refractivity contribution in [1.82, 2.24) is 4.90 Å². The molecule has 0 aliphatic carbocycles. The number of nitrogens with zero attached hydrogens (tertiary/aromatic N) is 1. The van der Waals surface area contributed by atoms with Crippen molar-refractivity contribution in [2.75, 3.05) is 14.1 Å². The van der Waals surface area contributed by atoms with Gasteiger partial charge in [0.05, 0.1) is 0 Å². The molecule has 1 rings (SSSR count). The zero-order valence-electron chi connectivity index (χ0n) is 10.0. The Morgan fingerprint density at radius 2 is 1.87 bits per heavy atom. The average Bonchev–Trinajstić information content (AvgIpc) is 2.26. The highest BCUT2D eigenvalue weighted by Crippen LogP contribution is 2.20. The van der Waals surface area contributed by atoms with Crippen LogP contribution in [0, 0.1) is 0 Å². The first-order chi connectivity index (χ1) is 7.15. The molecule has 0 heterocycles. The standard InChI is InChI=1S/C14H21N/c1-5-14(15(3)4)11-12(2)13-9-7-6-8-10-13/h6-10,14H,2,5,11H2,1,3-4H3. The van der Waals surface area contributed by atoms with Crippen molar-refractivity contribution >= 4 is 5.57 Å². The largest absolute Gasteiger partial charge is 0.306 e. The normalized spacial score (nSPS) is 12.8. The predicted molar refractivity (Wildman–Crippen MR) is 67.9 cm³/mol. The molecule has 1 atom stereocenters. The van der Waals surface area contributed by atoms with E-state index in [1.165, 1.54) is 17.6 Å². The molecule has 0 bridgehead atoms. The van der Waals surface area contributed by atoms with Gasteiger partial charge in [-0.2, -0.15) is 0 Å². The van der Waals surface area contributed by atoms with Crippen LogP contribution in [0.15, 0.2) is 36.9 Å². The molecular formula is C14H21N.